The van der Waals surface area contributed by atoms with Gasteiger partial charge >= 0.3 is 0 Å². The van der Waals surface area contributed by atoms with Gasteiger partial charge in [0.2, 0.25) is 0 Å². The van der Waals surface area contributed by atoms with Gasteiger partial charge in [-0.05, 0) is 11.6 Å². The summed E-state index contributed by atoms with van der Waals surface area (Å²) in [6, 6.07) is 6.15. The van der Waals surface area contributed by atoms with E-state index in [1.165, 1.54) is 0 Å². The molecule has 0 amide bonds. The van der Waals surface area contributed by atoms with Crippen molar-refractivity contribution in [2.75, 3.05) is 6.61 Å². The van der Waals surface area contributed by atoms with Crippen LogP contribution in [0.15, 0.2) is 24.4 Å². The van der Waals surface area contributed by atoms with Crippen LogP contribution >= 0.6 is 11.6 Å². The number of aliphatic hydroxyl groups excluding tert-OH is 1. The zero-order valence-electron chi connectivity index (χ0n) is 9.79. The van der Waals surface area contributed by atoms with E-state index >= 15 is 0 Å². The van der Waals surface area contributed by atoms with Crippen LogP contribution in [0.1, 0.15) is 19.4 Å². The molecule has 0 radical (unpaired) electrons. The summed E-state index contributed by atoms with van der Waals surface area (Å²) in [6.45, 7) is 4.19. The number of aryl methyl sites for hydroxylation is 1. The average Bonchev–Trinajstić information content (AvgIpc) is 2.54. The largest absolute Gasteiger partial charge is 0.395 e. The van der Waals surface area contributed by atoms with E-state index in [9.17, 15) is 5.11 Å². The number of aliphatic hydroxyl groups is 1. The first-order chi connectivity index (χ1) is 7.45. The van der Waals surface area contributed by atoms with Gasteiger partial charge in [0.1, 0.15) is 0 Å². The van der Waals surface area contributed by atoms with Crippen LogP contribution in [-0.2, 0) is 12.5 Å². The molecule has 0 aliphatic heterocycles. The number of fused-ring (bicyclic) bond motifs is 1. The number of nitrogens with zero attached hydrogens (tertiary/aromatic N) is 1. The van der Waals surface area contributed by atoms with Gasteiger partial charge in [0.05, 0.1) is 11.6 Å². The van der Waals surface area contributed by atoms with Crippen molar-refractivity contribution >= 4 is 22.5 Å². The Hall–Kier alpha value is -0.990. The van der Waals surface area contributed by atoms with Crippen molar-refractivity contribution in [3.05, 3.63) is 35.0 Å². The fourth-order valence-electron chi connectivity index (χ4n) is 1.85. The lowest BCUT2D eigenvalue weighted by Gasteiger charge is -2.22. The molecule has 1 aromatic heterocycles. The zero-order valence-corrected chi connectivity index (χ0v) is 10.5. The highest BCUT2D eigenvalue weighted by Crippen LogP contribution is 2.30. The normalized spacial score (nSPS) is 12.3. The van der Waals surface area contributed by atoms with Gasteiger partial charge in [0.15, 0.2) is 0 Å². The Labute approximate surface area is 100 Å². The zero-order chi connectivity index (χ0) is 11.9. The van der Waals surface area contributed by atoms with E-state index < -0.39 is 0 Å². The third kappa shape index (κ3) is 1.72. The van der Waals surface area contributed by atoms with E-state index in [2.05, 4.69) is 6.07 Å². The molecule has 0 saturated heterocycles. The summed E-state index contributed by atoms with van der Waals surface area (Å²) in [4.78, 5) is 0. The SMILES string of the molecule is Cn1cc(Cl)c2ccc(C(C)(C)CO)cc21. The second kappa shape index (κ2) is 3.79. The van der Waals surface area contributed by atoms with Crippen LogP contribution in [0.4, 0.5) is 0 Å². The molecule has 0 aliphatic rings. The first-order valence-corrected chi connectivity index (χ1v) is 5.69. The van der Waals surface area contributed by atoms with Gasteiger partial charge in [-0.2, -0.15) is 0 Å². The van der Waals surface area contributed by atoms with Crippen molar-refractivity contribution in [1.82, 2.24) is 4.57 Å². The Morgan fingerprint density at radius 1 is 1.38 bits per heavy atom. The van der Waals surface area contributed by atoms with Crippen LogP contribution < -0.4 is 0 Å². The predicted octanol–water partition coefficient (Wildman–Crippen LogP) is 3.10. The van der Waals surface area contributed by atoms with Gasteiger partial charge in [-0.1, -0.05) is 37.6 Å². The van der Waals surface area contributed by atoms with Gasteiger partial charge in [-0.3, -0.25) is 0 Å². The van der Waals surface area contributed by atoms with Gasteiger partial charge in [-0.15, -0.1) is 0 Å². The maximum atomic E-state index is 9.36. The smallest absolute Gasteiger partial charge is 0.0661 e. The van der Waals surface area contributed by atoms with Crippen molar-refractivity contribution in [1.29, 1.82) is 0 Å². The van der Waals surface area contributed by atoms with Crippen LogP contribution in [0.5, 0.6) is 0 Å². The van der Waals surface area contributed by atoms with Crippen LogP contribution in [0, 0.1) is 0 Å². The van der Waals surface area contributed by atoms with E-state index in [1.54, 1.807) is 0 Å². The molecule has 0 fully saturated rings. The first kappa shape index (κ1) is 11.5. The molecule has 3 heteroatoms. The fourth-order valence-corrected chi connectivity index (χ4v) is 2.15. The summed E-state index contributed by atoms with van der Waals surface area (Å²) < 4.78 is 2.01. The number of rotatable bonds is 2. The molecule has 0 bridgehead atoms. The molecule has 2 nitrogen and oxygen atoms in total. The lowest BCUT2D eigenvalue weighted by atomic mass is 9.85. The number of halogens is 1. The molecule has 2 rings (SSSR count). The van der Waals surface area contributed by atoms with Gasteiger partial charge in [-0.25, -0.2) is 0 Å². The lowest BCUT2D eigenvalue weighted by Crippen LogP contribution is -2.21. The van der Waals surface area contributed by atoms with Crippen molar-refractivity contribution in [2.24, 2.45) is 7.05 Å². The molecular weight excluding hydrogens is 222 g/mol. The molecule has 1 heterocycles. The highest BCUT2D eigenvalue weighted by atomic mass is 35.5. The van der Waals surface area contributed by atoms with Crippen molar-refractivity contribution in [3.63, 3.8) is 0 Å². The van der Waals surface area contributed by atoms with E-state index in [0.717, 1.165) is 21.5 Å². The van der Waals surface area contributed by atoms with Gasteiger partial charge in [0, 0.05) is 29.6 Å². The molecule has 0 saturated carbocycles. The molecule has 16 heavy (non-hydrogen) atoms. The van der Waals surface area contributed by atoms with Crippen LogP contribution in [0.2, 0.25) is 5.02 Å². The van der Waals surface area contributed by atoms with Gasteiger partial charge < -0.3 is 9.67 Å². The second-order valence-electron chi connectivity index (χ2n) is 4.86. The molecule has 2 aromatic rings. The topological polar surface area (TPSA) is 25.2 Å². The predicted molar refractivity (Wildman–Crippen MR) is 68.0 cm³/mol. The monoisotopic (exact) mass is 237 g/mol. The quantitative estimate of drug-likeness (QED) is 0.853. The minimum atomic E-state index is -0.217. The molecule has 0 spiro atoms. The maximum Gasteiger partial charge on any atom is 0.0661 e. The third-order valence-corrected chi connectivity index (χ3v) is 3.42. The van der Waals surface area contributed by atoms with E-state index in [0.29, 0.717) is 0 Å². The average molecular weight is 238 g/mol. The Balaban J connectivity index is 2.64. The number of hydrogen-bond acceptors (Lipinski definition) is 1. The van der Waals surface area contributed by atoms with E-state index in [1.807, 2.05) is 43.8 Å². The lowest BCUT2D eigenvalue weighted by molar-refractivity contribution is 0.218. The Morgan fingerprint density at radius 2 is 2.06 bits per heavy atom. The maximum absolute atomic E-state index is 9.36. The Morgan fingerprint density at radius 3 is 2.69 bits per heavy atom. The minimum absolute atomic E-state index is 0.136. The van der Waals surface area contributed by atoms with E-state index in [4.69, 9.17) is 11.6 Å². The molecule has 86 valence electrons. The first-order valence-electron chi connectivity index (χ1n) is 5.31. The molecule has 1 aromatic carbocycles. The summed E-state index contributed by atoms with van der Waals surface area (Å²) in [6.07, 6.45) is 1.90. The van der Waals surface area contributed by atoms with E-state index in [-0.39, 0.29) is 12.0 Å². The van der Waals surface area contributed by atoms with Crippen LogP contribution in [0.25, 0.3) is 10.9 Å². The van der Waals surface area contributed by atoms with Gasteiger partial charge in [0.25, 0.3) is 0 Å². The third-order valence-electron chi connectivity index (χ3n) is 3.12. The van der Waals surface area contributed by atoms with Crippen molar-refractivity contribution in [3.8, 4) is 0 Å². The number of hydrogen-bond donors (Lipinski definition) is 1. The second-order valence-corrected chi connectivity index (χ2v) is 5.27. The Kier molecular flexibility index (Phi) is 2.72. The highest BCUT2D eigenvalue weighted by Gasteiger charge is 2.20. The van der Waals surface area contributed by atoms with Crippen LogP contribution in [-0.4, -0.2) is 16.3 Å². The summed E-state index contributed by atoms with van der Waals surface area (Å²) in [5, 5.41) is 11.2. The fraction of sp³-hybridized carbons (Fsp3) is 0.385. The summed E-state index contributed by atoms with van der Waals surface area (Å²) in [7, 11) is 1.98. The van der Waals surface area contributed by atoms with Crippen molar-refractivity contribution in [2.45, 2.75) is 19.3 Å². The minimum Gasteiger partial charge on any atom is -0.395 e. The van der Waals surface area contributed by atoms with Crippen molar-refractivity contribution < 1.29 is 5.11 Å². The molecule has 0 aliphatic carbocycles. The number of benzene rings is 1. The molecule has 0 unspecified atom stereocenters. The Bertz CT molecular complexity index is 528. The summed E-state index contributed by atoms with van der Waals surface area (Å²) in [5.74, 6) is 0. The molecular formula is C13H16ClNO. The number of aromatic nitrogens is 1. The highest BCUT2D eigenvalue weighted by molar-refractivity contribution is 6.35. The summed E-state index contributed by atoms with van der Waals surface area (Å²) >= 11 is 6.11. The molecule has 1 N–H and O–H groups in total. The standard InChI is InChI=1S/C13H16ClNO/c1-13(2,8-16)9-4-5-10-11(14)7-15(3)12(10)6-9/h4-7,16H,8H2,1-3H3. The van der Waals surface area contributed by atoms with Crippen LogP contribution in [0.3, 0.4) is 0 Å². The molecule has 0 atom stereocenters. The summed E-state index contributed by atoms with van der Waals surface area (Å²) in [5.41, 5.74) is 2.01.